The molecule has 2 aromatic carbocycles. The number of terminal acetylenes is 1. The van der Waals surface area contributed by atoms with Gasteiger partial charge in [-0.1, -0.05) is 23.6 Å². The van der Waals surface area contributed by atoms with Crippen molar-refractivity contribution in [2.24, 2.45) is 5.92 Å². The number of halogens is 2. The summed E-state index contributed by atoms with van der Waals surface area (Å²) in [6.07, 6.45) is 7.96. The van der Waals surface area contributed by atoms with E-state index in [0.717, 1.165) is 6.07 Å². The Morgan fingerprint density at radius 2 is 1.84 bits per heavy atom. The van der Waals surface area contributed by atoms with E-state index in [2.05, 4.69) is 21.5 Å². The molecule has 222 valence electrons. The largest absolute Gasteiger partial charge is 0.495 e. The summed E-state index contributed by atoms with van der Waals surface area (Å²) in [7, 11) is 1.34. The number of amidine groups is 1. The Kier molecular flexibility index (Phi) is 9.95. The Labute approximate surface area is 253 Å². The van der Waals surface area contributed by atoms with Gasteiger partial charge < -0.3 is 25.0 Å². The van der Waals surface area contributed by atoms with Gasteiger partial charge in [0.15, 0.2) is 0 Å². The van der Waals surface area contributed by atoms with Crippen LogP contribution in [-0.2, 0) is 9.53 Å². The van der Waals surface area contributed by atoms with Gasteiger partial charge in [0.1, 0.15) is 23.2 Å². The lowest BCUT2D eigenvalue weighted by Gasteiger charge is -2.32. The minimum Gasteiger partial charge on any atom is -0.495 e. The zero-order valence-electron chi connectivity index (χ0n) is 23.5. The molecule has 1 fully saturated rings. The number of likely N-dealkylation sites (tertiary alicyclic amines) is 1. The van der Waals surface area contributed by atoms with Gasteiger partial charge in [-0.15, -0.1) is 6.42 Å². The fourth-order valence-corrected chi connectivity index (χ4v) is 4.72. The van der Waals surface area contributed by atoms with Gasteiger partial charge in [-0.05, 0) is 56.2 Å². The highest BCUT2D eigenvalue weighted by atomic mass is 35.5. The van der Waals surface area contributed by atoms with Crippen LogP contribution in [0.3, 0.4) is 0 Å². The number of esters is 1. The van der Waals surface area contributed by atoms with Crippen LogP contribution in [0.25, 0.3) is 0 Å². The molecule has 43 heavy (non-hydrogen) atoms. The number of nitrogens with zero attached hydrogens (tertiary/aromatic N) is 2. The van der Waals surface area contributed by atoms with E-state index in [1.165, 1.54) is 43.6 Å². The van der Waals surface area contributed by atoms with E-state index in [1.54, 1.807) is 17.9 Å². The van der Waals surface area contributed by atoms with Crippen molar-refractivity contribution >= 4 is 46.7 Å². The Bertz CT molecular complexity index is 1600. The number of methoxy groups -OCH3 is 1. The van der Waals surface area contributed by atoms with E-state index < -0.39 is 17.6 Å². The number of anilines is 2. The number of hydrogen-bond donors (Lipinski definition) is 3. The molecule has 1 aromatic heterocycles. The van der Waals surface area contributed by atoms with Crippen molar-refractivity contribution < 1.29 is 28.2 Å². The van der Waals surface area contributed by atoms with Crippen LogP contribution in [0.2, 0.25) is 5.02 Å². The molecule has 0 unspecified atom stereocenters. The van der Waals surface area contributed by atoms with E-state index in [9.17, 15) is 14.4 Å². The number of rotatable bonds is 8. The molecule has 0 bridgehead atoms. The zero-order valence-corrected chi connectivity index (χ0v) is 24.3. The van der Waals surface area contributed by atoms with Crippen molar-refractivity contribution in [2.45, 2.75) is 19.8 Å². The van der Waals surface area contributed by atoms with E-state index >= 15 is 4.39 Å². The van der Waals surface area contributed by atoms with Gasteiger partial charge in [0.2, 0.25) is 0 Å². The van der Waals surface area contributed by atoms with Gasteiger partial charge in [-0.25, -0.2) is 9.37 Å². The number of carbonyl (C=O) groups excluding carboxylic acids is 3. The molecule has 2 heterocycles. The predicted octanol–water partition coefficient (Wildman–Crippen LogP) is 4.97. The molecule has 0 aliphatic carbocycles. The molecule has 0 saturated carbocycles. The number of carbonyl (C=O) groups is 3. The van der Waals surface area contributed by atoms with Gasteiger partial charge in [0, 0.05) is 30.4 Å². The molecule has 10 nitrogen and oxygen atoms in total. The number of piperidine rings is 1. The van der Waals surface area contributed by atoms with E-state index in [1.807, 2.05) is 0 Å². The molecule has 12 heteroatoms. The third-order valence-corrected chi connectivity index (χ3v) is 7.08. The van der Waals surface area contributed by atoms with E-state index in [4.69, 9.17) is 32.9 Å². The van der Waals surface area contributed by atoms with Crippen LogP contribution in [0, 0.1) is 29.5 Å². The fraction of sp³-hybridized carbons (Fsp3) is 0.258. The van der Waals surface area contributed by atoms with E-state index in [-0.39, 0.29) is 51.7 Å². The highest BCUT2D eigenvalue weighted by Crippen LogP contribution is 2.32. The minimum absolute atomic E-state index is 0.0290. The number of ether oxygens (including phenoxy) is 2. The molecule has 3 N–H and O–H groups in total. The molecule has 0 atom stereocenters. The summed E-state index contributed by atoms with van der Waals surface area (Å²) in [5.41, 5.74) is 0.201. The number of amides is 2. The number of hydrogen-bond acceptors (Lipinski definition) is 7. The lowest BCUT2D eigenvalue weighted by molar-refractivity contribution is -0.149. The Morgan fingerprint density at radius 1 is 1.12 bits per heavy atom. The summed E-state index contributed by atoms with van der Waals surface area (Å²) in [5, 5.41) is 14.1. The first-order chi connectivity index (χ1) is 20.6. The molecule has 0 spiro atoms. The minimum atomic E-state index is -0.864. The van der Waals surface area contributed by atoms with Crippen LogP contribution >= 0.6 is 11.6 Å². The maximum atomic E-state index is 15.3. The summed E-state index contributed by atoms with van der Waals surface area (Å²) in [4.78, 5) is 44.3. The second kappa shape index (κ2) is 13.8. The molecular formula is C31H29ClFN5O5. The average molecular weight is 606 g/mol. The van der Waals surface area contributed by atoms with Crippen molar-refractivity contribution in [3.63, 3.8) is 0 Å². The smallest absolute Gasteiger partial charge is 0.309 e. The number of pyridine rings is 1. The first kappa shape index (κ1) is 31.0. The summed E-state index contributed by atoms with van der Waals surface area (Å²) in [6, 6.07) is 9.72. The van der Waals surface area contributed by atoms with Crippen LogP contribution in [0.1, 0.15) is 51.6 Å². The highest BCUT2D eigenvalue weighted by molar-refractivity contribution is 6.30. The number of aromatic nitrogens is 1. The monoisotopic (exact) mass is 605 g/mol. The molecule has 1 aliphatic rings. The first-order valence-corrected chi connectivity index (χ1v) is 13.8. The van der Waals surface area contributed by atoms with Crippen molar-refractivity contribution in [3.05, 3.63) is 81.8 Å². The average Bonchev–Trinajstić information content (AvgIpc) is 3.01. The first-order valence-electron chi connectivity index (χ1n) is 13.4. The second-order valence-electron chi connectivity index (χ2n) is 9.57. The van der Waals surface area contributed by atoms with Crippen molar-refractivity contribution in [1.82, 2.24) is 9.88 Å². The maximum Gasteiger partial charge on any atom is 0.309 e. The zero-order chi connectivity index (χ0) is 31.1. The topological polar surface area (TPSA) is 134 Å². The summed E-state index contributed by atoms with van der Waals surface area (Å²) in [5.74, 6) is -0.0484. The molecule has 0 radical (unpaired) electrons. The van der Waals surface area contributed by atoms with Crippen molar-refractivity contribution in [1.29, 1.82) is 5.41 Å². The Morgan fingerprint density at radius 3 is 2.44 bits per heavy atom. The predicted molar refractivity (Wildman–Crippen MR) is 160 cm³/mol. The Balaban J connectivity index is 1.53. The Hall–Kier alpha value is -4.95. The lowest BCUT2D eigenvalue weighted by atomic mass is 9.96. The molecule has 4 rings (SSSR count). The maximum absolute atomic E-state index is 15.3. The van der Waals surface area contributed by atoms with Crippen LogP contribution < -0.4 is 15.4 Å². The van der Waals surface area contributed by atoms with E-state index in [0.29, 0.717) is 43.1 Å². The standard InChI is InChI=1S/C31H29ClFN5O5/c1-4-18-14-23(30(40)36-26-9-7-21(32)17-35-26)27(25(15-18)42-3)37-29(39)22-8-6-20(16-24(22)33)28(34)38-12-10-19(11-13-38)31(41)43-5-2/h1,6-9,14-17,19,34H,5,10-13H2,2-3H3,(H,37,39)(H,35,36,40). The third kappa shape index (κ3) is 7.28. The van der Waals surface area contributed by atoms with Crippen LogP contribution in [0.5, 0.6) is 5.75 Å². The summed E-state index contributed by atoms with van der Waals surface area (Å²) in [6.45, 7) is 2.95. The van der Waals surface area contributed by atoms with Crippen LogP contribution in [0.15, 0.2) is 48.7 Å². The van der Waals surface area contributed by atoms with Crippen LogP contribution in [-0.4, -0.2) is 60.3 Å². The SMILES string of the molecule is C#Cc1cc(OC)c(NC(=O)c2ccc(C(=N)N3CCC(C(=O)OCC)CC3)cc2F)c(C(=O)Nc2ccc(Cl)cn2)c1. The number of benzene rings is 2. The van der Waals surface area contributed by atoms with Crippen LogP contribution in [0.4, 0.5) is 15.9 Å². The van der Waals surface area contributed by atoms with Gasteiger partial charge in [-0.3, -0.25) is 19.8 Å². The summed E-state index contributed by atoms with van der Waals surface area (Å²) < 4.78 is 25.7. The third-order valence-electron chi connectivity index (χ3n) is 6.86. The van der Waals surface area contributed by atoms with Gasteiger partial charge in [-0.2, -0.15) is 0 Å². The van der Waals surface area contributed by atoms with Crippen molar-refractivity contribution in [3.8, 4) is 18.1 Å². The molecular weight excluding hydrogens is 577 g/mol. The highest BCUT2D eigenvalue weighted by Gasteiger charge is 2.28. The molecule has 2 amide bonds. The number of nitrogens with one attached hydrogen (secondary N) is 3. The molecule has 1 saturated heterocycles. The van der Waals surface area contributed by atoms with Gasteiger partial charge in [0.05, 0.1) is 41.5 Å². The quantitative estimate of drug-likeness (QED) is 0.143. The molecule has 1 aliphatic heterocycles. The normalized spacial score (nSPS) is 13.0. The molecule has 3 aromatic rings. The van der Waals surface area contributed by atoms with Gasteiger partial charge >= 0.3 is 5.97 Å². The van der Waals surface area contributed by atoms with Crippen molar-refractivity contribution in [2.75, 3.05) is 37.4 Å². The summed E-state index contributed by atoms with van der Waals surface area (Å²) >= 11 is 5.87. The second-order valence-corrected chi connectivity index (χ2v) is 10.0. The lowest BCUT2D eigenvalue weighted by Crippen LogP contribution is -2.40. The van der Waals surface area contributed by atoms with Gasteiger partial charge in [0.25, 0.3) is 11.8 Å². The fourth-order valence-electron chi connectivity index (χ4n) is 4.61.